The normalized spacial score (nSPS) is 19.7. The molecular weight excluding hydrogens is 222 g/mol. The summed E-state index contributed by atoms with van der Waals surface area (Å²) in [6.07, 6.45) is 0.987. The molecule has 0 radical (unpaired) electrons. The quantitative estimate of drug-likeness (QED) is 0.800. The lowest BCUT2D eigenvalue weighted by Gasteiger charge is -2.31. The van der Waals surface area contributed by atoms with Crippen molar-refractivity contribution in [2.45, 2.75) is 6.10 Å². The van der Waals surface area contributed by atoms with E-state index >= 15 is 0 Å². The van der Waals surface area contributed by atoms with Crippen LogP contribution in [-0.4, -0.2) is 41.9 Å². The molecule has 1 aromatic rings. The van der Waals surface area contributed by atoms with Crippen molar-refractivity contribution in [3.05, 3.63) is 24.0 Å². The first-order valence-electron chi connectivity index (χ1n) is 5.16. The fourth-order valence-corrected chi connectivity index (χ4v) is 1.69. The van der Waals surface area contributed by atoms with E-state index in [2.05, 4.69) is 4.98 Å². The minimum Gasteiger partial charge on any atom is -0.477 e. The van der Waals surface area contributed by atoms with Crippen molar-refractivity contribution in [2.75, 3.05) is 24.6 Å². The number of aromatic nitrogens is 1. The number of rotatable bonds is 2. The molecule has 1 atom stereocenters. The van der Waals surface area contributed by atoms with Crippen LogP contribution in [0.3, 0.4) is 0 Å². The van der Waals surface area contributed by atoms with Gasteiger partial charge in [0.15, 0.2) is 6.10 Å². The highest BCUT2D eigenvalue weighted by molar-refractivity contribution is 5.86. The van der Waals surface area contributed by atoms with Crippen LogP contribution in [0.15, 0.2) is 18.3 Å². The number of morpholine rings is 1. The number of pyridine rings is 1. The molecule has 0 amide bonds. The average molecular weight is 233 g/mol. The molecule has 2 rings (SSSR count). The monoisotopic (exact) mass is 233 g/mol. The van der Waals surface area contributed by atoms with Gasteiger partial charge in [-0.05, 0) is 12.1 Å². The third-order valence-corrected chi connectivity index (χ3v) is 2.54. The lowest BCUT2D eigenvalue weighted by atomic mass is 10.2. The molecule has 2 heterocycles. The van der Waals surface area contributed by atoms with Gasteiger partial charge in [-0.1, -0.05) is 0 Å². The Morgan fingerprint density at radius 3 is 3.24 bits per heavy atom. The van der Waals surface area contributed by atoms with Crippen LogP contribution in [0.4, 0.5) is 5.69 Å². The van der Waals surface area contributed by atoms with Crippen molar-refractivity contribution in [3.63, 3.8) is 0 Å². The van der Waals surface area contributed by atoms with Gasteiger partial charge in [0.25, 0.3) is 0 Å². The Kier molecular flexibility index (Phi) is 3.21. The number of hydrogen-bond acceptors (Lipinski definition) is 5. The van der Waals surface area contributed by atoms with Crippen LogP contribution in [0.25, 0.3) is 0 Å². The number of aromatic carboxylic acids is 1. The third-order valence-electron chi connectivity index (χ3n) is 2.54. The van der Waals surface area contributed by atoms with E-state index in [9.17, 15) is 4.79 Å². The highest BCUT2D eigenvalue weighted by Crippen LogP contribution is 2.17. The molecule has 17 heavy (non-hydrogen) atoms. The van der Waals surface area contributed by atoms with Crippen LogP contribution in [0, 0.1) is 11.3 Å². The van der Waals surface area contributed by atoms with Crippen molar-refractivity contribution >= 4 is 11.7 Å². The SMILES string of the molecule is N#CC1CN(c2ccnc(C(=O)O)c2)CCO1. The van der Waals surface area contributed by atoms with Crippen LogP contribution >= 0.6 is 0 Å². The van der Waals surface area contributed by atoms with Crippen molar-refractivity contribution < 1.29 is 14.6 Å². The van der Waals surface area contributed by atoms with Crippen molar-refractivity contribution in [3.8, 4) is 6.07 Å². The summed E-state index contributed by atoms with van der Waals surface area (Å²) in [4.78, 5) is 16.5. The van der Waals surface area contributed by atoms with Crippen LogP contribution in [0.1, 0.15) is 10.5 Å². The zero-order valence-corrected chi connectivity index (χ0v) is 9.04. The predicted molar refractivity (Wildman–Crippen MR) is 58.8 cm³/mol. The summed E-state index contributed by atoms with van der Waals surface area (Å²) in [7, 11) is 0. The Hall–Kier alpha value is -2.13. The minimum atomic E-state index is -1.06. The van der Waals surface area contributed by atoms with E-state index in [0.29, 0.717) is 19.7 Å². The zero-order chi connectivity index (χ0) is 12.3. The summed E-state index contributed by atoms with van der Waals surface area (Å²) in [6, 6.07) is 5.28. The molecular formula is C11H11N3O3. The maximum absolute atomic E-state index is 10.8. The molecule has 0 bridgehead atoms. The van der Waals surface area contributed by atoms with Crippen LogP contribution < -0.4 is 4.90 Å². The van der Waals surface area contributed by atoms with E-state index in [0.717, 1.165) is 5.69 Å². The Bertz CT molecular complexity index is 469. The highest BCUT2D eigenvalue weighted by atomic mass is 16.5. The standard InChI is InChI=1S/C11H11N3O3/c12-6-9-7-14(3-4-17-9)8-1-2-13-10(5-8)11(15)16/h1-2,5,9H,3-4,7H2,(H,15,16). The second kappa shape index (κ2) is 4.80. The number of nitrogens with zero attached hydrogens (tertiary/aromatic N) is 3. The molecule has 0 saturated carbocycles. The van der Waals surface area contributed by atoms with Gasteiger partial charge in [-0.3, -0.25) is 0 Å². The molecule has 1 saturated heterocycles. The Morgan fingerprint density at radius 2 is 2.53 bits per heavy atom. The van der Waals surface area contributed by atoms with Crippen LogP contribution in [-0.2, 0) is 4.74 Å². The van der Waals surface area contributed by atoms with E-state index < -0.39 is 12.1 Å². The Balaban J connectivity index is 2.19. The number of anilines is 1. The minimum absolute atomic E-state index is 0.00231. The molecule has 1 fully saturated rings. The molecule has 1 aromatic heterocycles. The fraction of sp³-hybridized carbons (Fsp3) is 0.364. The summed E-state index contributed by atoms with van der Waals surface area (Å²) in [6.45, 7) is 1.55. The molecule has 6 nitrogen and oxygen atoms in total. The molecule has 6 heteroatoms. The first kappa shape index (κ1) is 11.4. The van der Waals surface area contributed by atoms with Gasteiger partial charge in [0.05, 0.1) is 19.2 Å². The van der Waals surface area contributed by atoms with E-state index in [-0.39, 0.29) is 5.69 Å². The summed E-state index contributed by atoms with van der Waals surface area (Å²) in [5.74, 6) is -1.06. The van der Waals surface area contributed by atoms with E-state index in [1.807, 2.05) is 11.0 Å². The number of carboxylic acid groups (broad SMARTS) is 1. The topological polar surface area (TPSA) is 86.5 Å². The van der Waals surface area contributed by atoms with Gasteiger partial charge in [0.2, 0.25) is 0 Å². The van der Waals surface area contributed by atoms with E-state index in [1.54, 1.807) is 6.07 Å². The number of carbonyl (C=O) groups is 1. The lowest BCUT2D eigenvalue weighted by molar-refractivity contribution is 0.0690. The molecule has 0 aliphatic carbocycles. The smallest absolute Gasteiger partial charge is 0.354 e. The number of nitriles is 1. The Labute approximate surface area is 98.1 Å². The molecule has 1 aliphatic rings. The number of carboxylic acids is 1. The summed E-state index contributed by atoms with van der Waals surface area (Å²) in [5, 5.41) is 17.6. The van der Waals surface area contributed by atoms with Gasteiger partial charge in [0.1, 0.15) is 5.69 Å². The van der Waals surface area contributed by atoms with Gasteiger partial charge in [-0.15, -0.1) is 0 Å². The molecule has 1 aliphatic heterocycles. The van der Waals surface area contributed by atoms with E-state index in [4.69, 9.17) is 15.1 Å². The van der Waals surface area contributed by atoms with Gasteiger partial charge >= 0.3 is 5.97 Å². The maximum atomic E-state index is 10.8. The fourth-order valence-electron chi connectivity index (χ4n) is 1.69. The van der Waals surface area contributed by atoms with Crippen molar-refractivity contribution in [1.82, 2.24) is 4.98 Å². The van der Waals surface area contributed by atoms with Crippen molar-refractivity contribution in [2.24, 2.45) is 0 Å². The van der Waals surface area contributed by atoms with Gasteiger partial charge in [0, 0.05) is 18.4 Å². The largest absolute Gasteiger partial charge is 0.477 e. The number of hydrogen-bond donors (Lipinski definition) is 1. The zero-order valence-electron chi connectivity index (χ0n) is 9.04. The molecule has 1 unspecified atom stereocenters. The van der Waals surface area contributed by atoms with E-state index in [1.165, 1.54) is 12.3 Å². The van der Waals surface area contributed by atoms with Gasteiger partial charge in [-0.25, -0.2) is 9.78 Å². The average Bonchev–Trinajstić information content (AvgIpc) is 2.39. The lowest BCUT2D eigenvalue weighted by Crippen LogP contribution is -2.41. The van der Waals surface area contributed by atoms with Crippen LogP contribution in [0.5, 0.6) is 0 Å². The first-order chi connectivity index (χ1) is 8.20. The Morgan fingerprint density at radius 1 is 1.71 bits per heavy atom. The number of ether oxygens (including phenoxy) is 1. The van der Waals surface area contributed by atoms with Gasteiger partial charge < -0.3 is 14.7 Å². The van der Waals surface area contributed by atoms with Crippen molar-refractivity contribution in [1.29, 1.82) is 5.26 Å². The predicted octanol–water partition coefficient (Wildman–Crippen LogP) is 0.509. The van der Waals surface area contributed by atoms with Crippen LogP contribution in [0.2, 0.25) is 0 Å². The molecule has 1 N–H and O–H groups in total. The summed E-state index contributed by atoms with van der Waals surface area (Å²) < 4.78 is 5.22. The summed E-state index contributed by atoms with van der Waals surface area (Å²) in [5.41, 5.74) is 0.753. The molecule has 0 spiro atoms. The third kappa shape index (κ3) is 2.52. The first-order valence-corrected chi connectivity index (χ1v) is 5.16. The summed E-state index contributed by atoms with van der Waals surface area (Å²) >= 11 is 0. The molecule has 88 valence electrons. The second-order valence-electron chi connectivity index (χ2n) is 3.64. The second-order valence-corrected chi connectivity index (χ2v) is 3.64. The van der Waals surface area contributed by atoms with Gasteiger partial charge in [-0.2, -0.15) is 5.26 Å². The molecule has 0 aromatic carbocycles. The highest BCUT2D eigenvalue weighted by Gasteiger charge is 2.20. The maximum Gasteiger partial charge on any atom is 0.354 e.